The molecule has 0 bridgehead atoms. The first-order chi connectivity index (χ1) is 11.5. The van der Waals surface area contributed by atoms with Crippen LogP contribution in [0.15, 0.2) is 24.3 Å². The first-order valence-electron chi connectivity index (χ1n) is 7.70. The van der Waals surface area contributed by atoms with Crippen LogP contribution in [-0.4, -0.2) is 66.1 Å². The van der Waals surface area contributed by atoms with E-state index >= 15 is 0 Å². The number of benzene rings is 1. The highest BCUT2D eigenvalue weighted by Crippen LogP contribution is 2.23. The number of methoxy groups -OCH3 is 1. The summed E-state index contributed by atoms with van der Waals surface area (Å²) in [5.41, 5.74) is 0.447. The van der Waals surface area contributed by atoms with E-state index in [0.717, 1.165) is 0 Å². The summed E-state index contributed by atoms with van der Waals surface area (Å²) in [5.74, 6) is -0.329. The molecule has 1 aromatic rings. The number of fused-ring (bicyclic) bond motifs is 1. The summed E-state index contributed by atoms with van der Waals surface area (Å²) < 4.78 is 5.09. The van der Waals surface area contributed by atoms with Crippen LogP contribution in [-0.2, 0) is 9.59 Å². The zero-order chi connectivity index (χ0) is 17.3. The zero-order valence-corrected chi connectivity index (χ0v) is 13.2. The van der Waals surface area contributed by atoms with Crippen LogP contribution in [0, 0.1) is 0 Å². The molecular weight excluding hydrogens is 314 g/mol. The highest BCUT2D eigenvalue weighted by Gasteiger charge is 2.46. The smallest absolute Gasteiger partial charge is 0.251 e. The van der Waals surface area contributed by atoms with Crippen molar-refractivity contribution >= 4 is 17.7 Å². The Hall–Kier alpha value is -2.61. The summed E-state index contributed by atoms with van der Waals surface area (Å²) in [6.45, 7) is -0.183. The molecule has 3 rings (SSSR count). The number of aliphatic hydroxyl groups is 1. The first-order valence-corrected chi connectivity index (χ1v) is 7.70. The number of amides is 3. The molecule has 0 saturated carbocycles. The van der Waals surface area contributed by atoms with E-state index in [1.165, 1.54) is 12.0 Å². The van der Waals surface area contributed by atoms with Crippen molar-refractivity contribution in [3.63, 3.8) is 0 Å². The van der Waals surface area contributed by atoms with E-state index in [1.54, 1.807) is 24.3 Å². The van der Waals surface area contributed by atoms with Crippen molar-refractivity contribution in [2.45, 2.75) is 24.5 Å². The molecule has 128 valence electrons. The molecular formula is C16H19N3O5. The second-order valence-electron chi connectivity index (χ2n) is 5.89. The zero-order valence-electron chi connectivity index (χ0n) is 13.2. The molecule has 8 nitrogen and oxygen atoms in total. The monoisotopic (exact) mass is 333 g/mol. The van der Waals surface area contributed by atoms with Gasteiger partial charge >= 0.3 is 0 Å². The maximum atomic E-state index is 12.3. The van der Waals surface area contributed by atoms with Crippen molar-refractivity contribution < 1.29 is 24.2 Å². The van der Waals surface area contributed by atoms with Crippen LogP contribution in [0.4, 0.5) is 0 Å². The molecule has 0 aromatic heterocycles. The molecule has 3 amide bonds. The fourth-order valence-corrected chi connectivity index (χ4v) is 3.12. The van der Waals surface area contributed by atoms with Crippen molar-refractivity contribution in [3.05, 3.63) is 29.8 Å². The van der Waals surface area contributed by atoms with Gasteiger partial charge in [-0.3, -0.25) is 14.4 Å². The minimum Gasteiger partial charge on any atom is -0.497 e. The van der Waals surface area contributed by atoms with Gasteiger partial charge in [0.25, 0.3) is 5.91 Å². The maximum absolute atomic E-state index is 12.3. The van der Waals surface area contributed by atoms with E-state index in [9.17, 15) is 14.4 Å². The third kappa shape index (κ3) is 2.92. The van der Waals surface area contributed by atoms with E-state index < -0.39 is 18.7 Å². The molecule has 0 aliphatic carbocycles. The second-order valence-corrected chi connectivity index (χ2v) is 5.89. The lowest BCUT2D eigenvalue weighted by Crippen LogP contribution is -2.62. The molecule has 2 heterocycles. The van der Waals surface area contributed by atoms with Gasteiger partial charge in [-0.15, -0.1) is 0 Å². The molecule has 3 atom stereocenters. The average Bonchev–Trinajstić information content (AvgIpc) is 3.02. The molecule has 1 aromatic carbocycles. The topological polar surface area (TPSA) is 108 Å². The summed E-state index contributed by atoms with van der Waals surface area (Å²) in [4.78, 5) is 38.0. The number of ether oxygens (including phenoxy) is 1. The lowest BCUT2D eigenvalue weighted by Gasteiger charge is -2.33. The van der Waals surface area contributed by atoms with Gasteiger partial charge in [0, 0.05) is 18.2 Å². The molecule has 8 heteroatoms. The summed E-state index contributed by atoms with van der Waals surface area (Å²) in [5, 5.41) is 14.5. The Bertz CT molecular complexity index is 677. The third-order valence-corrected chi connectivity index (χ3v) is 4.35. The van der Waals surface area contributed by atoms with Crippen LogP contribution in [0.25, 0.3) is 0 Å². The number of hydrogen-bond acceptors (Lipinski definition) is 5. The predicted molar refractivity (Wildman–Crippen MR) is 83.4 cm³/mol. The van der Waals surface area contributed by atoms with Gasteiger partial charge < -0.3 is 25.4 Å². The molecule has 24 heavy (non-hydrogen) atoms. The molecule has 2 fully saturated rings. The van der Waals surface area contributed by atoms with Crippen molar-refractivity contribution in [1.82, 2.24) is 15.5 Å². The minimum absolute atomic E-state index is 0.253. The van der Waals surface area contributed by atoms with Gasteiger partial charge in [0.1, 0.15) is 17.8 Å². The number of nitrogens with zero attached hydrogens (tertiary/aromatic N) is 1. The molecule has 3 N–H and O–H groups in total. The second kappa shape index (κ2) is 6.48. The highest BCUT2D eigenvalue weighted by atomic mass is 16.5. The summed E-state index contributed by atoms with van der Waals surface area (Å²) in [6, 6.07) is 4.93. The highest BCUT2D eigenvalue weighted by molar-refractivity contribution is 5.98. The lowest BCUT2D eigenvalue weighted by atomic mass is 10.1. The lowest BCUT2D eigenvalue weighted by molar-refractivity contribution is -0.148. The van der Waals surface area contributed by atoms with E-state index in [1.807, 2.05) is 0 Å². The number of nitrogens with one attached hydrogen (secondary N) is 2. The van der Waals surface area contributed by atoms with Gasteiger partial charge in [0.2, 0.25) is 11.8 Å². The first kappa shape index (κ1) is 16.3. The Morgan fingerprint density at radius 1 is 1.46 bits per heavy atom. The van der Waals surface area contributed by atoms with Crippen molar-refractivity contribution in [1.29, 1.82) is 0 Å². The van der Waals surface area contributed by atoms with Crippen LogP contribution in [0.1, 0.15) is 16.8 Å². The van der Waals surface area contributed by atoms with E-state index in [4.69, 9.17) is 9.84 Å². The van der Waals surface area contributed by atoms with E-state index in [2.05, 4.69) is 10.6 Å². The number of hydrogen-bond donors (Lipinski definition) is 3. The van der Waals surface area contributed by atoms with Crippen molar-refractivity contribution in [3.8, 4) is 5.75 Å². The number of carbonyl (C=O) groups is 3. The number of aliphatic hydroxyl groups excluding tert-OH is 1. The van der Waals surface area contributed by atoms with Gasteiger partial charge in [0.15, 0.2) is 0 Å². The Morgan fingerprint density at radius 2 is 2.25 bits per heavy atom. The Kier molecular flexibility index (Phi) is 4.39. The maximum Gasteiger partial charge on any atom is 0.251 e. The average molecular weight is 333 g/mol. The number of carbonyl (C=O) groups excluding carboxylic acids is 3. The fraction of sp³-hybridized carbons (Fsp3) is 0.438. The van der Waals surface area contributed by atoms with Gasteiger partial charge in [0.05, 0.1) is 13.7 Å². The quantitative estimate of drug-likeness (QED) is 0.647. The molecule has 0 radical (unpaired) electrons. The van der Waals surface area contributed by atoms with Gasteiger partial charge in [-0.1, -0.05) is 6.07 Å². The van der Waals surface area contributed by atoms with Crippen molar-refractivity contribution in [2.24, 2.45) is 0 Å². The van der Waals surface area contributed by atoms with Crippen LogP contribution < -0.4 is 15.4 Å². The molecule has 2 saturated heterocycles. The normalized spacial score (nSPS) is 25.9. The van der Waals surface area contributed by atoms with Crippen LogP contribution in [0.3, 0.4) is 0 Å². The van der Waals surface area contributed by atoms with Gasteiger partial charge in [-0.25, -0.2) is 0 Å². The van der Waals surface area contributed by atoms with Gasteiger partial charge in [-0.2, -0.15) is 0 Å². The van der Waals surface area contributed by atoms with Crippen molar-refractivity contribution in [2.75, 3.05) is 20.3 Å². The minimum atomic E-state index is -0.901. The summed E-state index contributed by atoms with van der Waals surface area (Å²) in [7, 11) is 1.52. The standard InChI is InChI=1S/C16H19N3O5/c1-24-11-4-2-3-9(5-11)14(21)17-10-6-13-15(22)18-12(8-20)16(23)19(13)7-10/h2-5,10,12-13,20H,6-8H2,1H3,(H,17,21)(H,18,22)/t10-,12-,13-/m0/s1. The predicted octanol–water partition coefficient (Wildman–Crippen LogP) is -1.11. The Balaban J connectivity index is 1.68. The summed E-state index contributed by atoms with van der Waals surface area (Å²) >= 11 is 0. The molecule has 0 spiro atoms. The van der Waals surface area contributed by atoms with E-state index in [-0.39, 0.29) is 30.3 Å². The molecule has 2 aliphatic heterocycles. The van der Waals surface area contributed by atoms with Crippen LogP contribution >= 0.6 is 0 Å². The van der Waals surface area contributed by atoms with E-state index in [0.29, 0.717) is 17.7 Å². The number of rotatable bonds is 4. The Morgan fingerprint density at radius 3 is 2.96 bits per heavy atom. The van der Waals surface area contributed by atoms with Crippen LogP contribution in [0.5, 0.6) is 5.75 Å². The van der Waals surface area contributed by atoms with Crippen LogP contribution in [0.2, 0.25) is 0 Å². The van der Waals surface area contributed by atoms with Gasteiger partial charge in [-0.05, 0) is 24.6 Å². The SMILES string of the molecule is COc1cccc(C(=O)N[C@H]2C[C@H]3C(=O)N[C@@H](CO)C(=O)N3C2)c1. The fourth-order valence-electron chi connectivity index (χ4n) is 3.12. The summed E-state index contributed by atoms with van der Waals surface area (Å²) in [6.07, 6.45) is 0.353. The molecule has 2 aliphatic rings. The third-order valence-electron chi connectivity index (χ3n) is 4.35. The molecule has 0 unspecified atom stereocenters. The Labute approximate surface area is 138 Å². The largest absolute Gasteiger partial charge is 0.497 e. The number of piperazine rings is 1.